The number of carbonyl (C=O) groups excluding carboxylic acids is 2. The Balaban J connectivity index is 3.28. The van der Waals surface area contributed by atoms with E-state index in [0.717, 1.165) is 25.1 Å². The van der Waals surface area contributed by atoms with Crippen molar-refractivity contribution >= 4 is 17.8 Å². The maximum Gasteiger partial charge on any atom is 0.344 e. The largest absolute Gasteiger partial charge is 0.479 e. The Morgan fingerprint density at radius 1 is 1.29 bits per heavy atom. The molecule has 6 nitrogen and oxygen atoms in total. The highest BCUT2D eigenvalue weighted by Crippen LogP contribution is 2.20. The predicted octanol–water partition coefficient (Wildman–Crippen LogP) is 1.81. The first kappa shape index (κ1) is 19.5. The van der Waals surface area contributed by atoms with Crippen molar-refractivity contribution in [2.45, 2.75) is 45.3 Å². The van der Waals surface area contributed by atoms with Crippen LogP contribution in [0.3, 0.4) is 0 Å². The van der Waals surface area contributed by atoms with Gasteiger partial charge < -0.3 is 15.2 Å². The van der Waals surface area contributed by atoms with Crippen molar-refractivity contribution in [3.63, 3.8) is 0 Å². The number of aliphatic carboxylic acids is 1. The molecule has 0 spiro atoms. The third-order valence-electron chi connectivity index (χ3n) is 3.44. The number of halogens is 2. The van der Waals surface area contributed by atoms with Crippen LogP contribution in [-0.4, -0.2) is 34.6 Å². The number of carboxylic acids is 1. The Labute approximate surface area is 137 Å². The molecule has 1 aromatic rings. The Bertz CT molecular complexity index is 649. The van der Waals surface area contributed by atoms with E-state index in [9.17, 15) is 28.3 Å². The van der Waals surface area contributed by atoms with Gasteiger partial charge in [-0.25, -0.2) is 18.4 Å². The first-order chi connectivity index (χ1) is 11.1. The average Bonchev–Trinajstić information content (AvgIpc) is 2.49. The highest BCUT2D eigenvalue weighted by molar-refractivity contribution is 6.07. The molecule has 1 amide bonds. The second-order valence-corrected chi connectivity index (χ2v) is 5.44. The van der Waals surface area contributed by atoms with Gasteiger partial charge in [-0.1, -0.05) is 13.0 Å². The van der Waals surface area contributed by atoms with Crippen LogP contribution >= 0.6 is 0 Å². The van der Waals surface area contributed by atoms with Crippen molar-refractivity contribution in [1.82, 2.24) is 5.32 Å². The van der Waals surface area contributed by atoms with Gasteiger partial charge in [0.15, 0.2) is 11.6 Å². The first-order valence-corrected chi connectivity index (χ1v) is 7.29. The summed E-state index contributed by atoms with van der Waals surface area (Å²) in [5, 5.41) is 11.6. The Hall–Kier alpha value is -2.51. The van der Waals surface area contributed by atoms with E-state index in [0.29, 0.717) is 6.42 Å². The summed E-state index contributed by atoms with van der Waals surface area (Å²) in [6.45, 7) is 4.34. The molecule has 1 rings (SSSR count). The lowest BCUT2D eigenvalue weighted by Gasteiger charge is -2.29. The van der Waals surface area contributed by atoms with Crippen LogP contribution in [0.25, 0.3) is 0 Å². The van der Waals surface area contributed by atoms with E-state index in [1.165, 1.54) is 0 Å². The summed E-state index contributed by atoms with van der Waals surface area (Å²) in [6, 6.07) is 2.71. The van der Waals surface area contributed by atoms with Gasteiger partial charge in [-0.3, -0.25) is 4.79 Å². The summed E-state index contributed by atoms with van der Waals surface area (Å²) in [5.74, 6) is -5.91. The molecule has 0 saturated heterocycles. The zero-order valence-corrected chi connectivity index (χ0v) is 13.6. The number of carbonyl (C=O) groups is 3. The van der Waals surface area contributed by atoms with Gasteiger partial charge in [0.05, 0.1) is 6.10 Å². The maximum atomic E-state index is 13.4. The number of ether oxygens (including phenoxy) is 1. The summed E-state index contributed by atoms with van der Waals surface area (Å²) in [6.07, 6.45) is -0.726. The van der Waals surface area contributed by atoms with Crippen molar-refractivity contribution < 1.29 is 33.0 Å². The lowest BCUT2D eigenvalue weighted by Crippen LogP contribution is -2.62. The zero-order chi connectivity index (χ0) is 18.5. The number of carboxylic acid groups (broad SMARTS) is 1. The van der Waals surface area contributed by atoms with E-state index in [1.54, 1.807) is 13.8 Å². The number of benzene rings is 1. The van der Waals surface area contributed by atoms with Crippen molar-refractivity contribution in [3.8, 4) is 0 Å². The van der Waals surface area contributed by atoms with E-state index in [4.69, 9.17) is 4.74 Å². The van der Waals surface area contributed by atoms with Crippen LogP contribution in [0.5, 0.6) is 0 Å². The van der Waals surface area contributed by atoms with Crippen LogP contribution in [0.15, 0.2) is 18.2 Å². The minimum Gasteiger partial charge on any atom is -0.479 e. The van der Waals surface area contributed by atoms with Crippen molar-refractivity contribution in [2.24, 2.45) is 0 Å². The lowest BCUT2D eigenvalue weighted by molar-refractivity contribution is -0.168. The van der Waals surface area contributed by atoms with Crippen LogP contribution in [0.1, 0.15) is 32.8 Å². The molecule has 0 bridgehead atoms. The molecule has 2 N–H and O–H groups in total. The Morgan fingerprint density at radius 2 is 1.92 bits per heavy atom. The Morgan fingerprint density at radius 3 is 2.38 bits per heavy atom. The van der Waals surface area contributed by atoms with E-state index in [1.807, 2.05) is 0 Å². The molecule has 0 fully saturated rings. The standard InChI is InChI=1S/C16H19F2NO5/c1-4-9(2)24-15(23)16(14(21)22,19-10(3)20)8-11-5-6-12(17)13(18)7-11/h5-7,9H,4,8H2,1-3H3,(H,19,20)(H,21,22). The molecule has 0 aliphatic heterocycles. The molecule has 0 radical (unpaired) electrons. The second kappa shape index (κ2) is 7.85. The first-order valence-electron chi connectivity index (χ1n) is 7.29. The molecule has 0 saturated carbocycles. The fourth-order valence-corrected chi connectivity index (χ4v) is 2.01. The van der Waals surface area contributed by atoms with Crippen LogP contribution in [0.2, 0.25) is 0 Å². The highest BCUT2D eigenvalue weighted by Gasteiger charge is 2.49. The van der Waals surface area contributed by atoms with Gasteiger partial charge in [-0.05, 0) is 31.0 Å². The van der Waals surface area contributed by atoms with Crippen molar-refractivity contribution in [3.05, 3.63) is 35.4 Å². The topological polar surface area (TPSA) is 92.7 Å². The third-order valence-corrected chi connectivity index (χ3v) is 3.44. The molecule has 2 atom stereocenters. The molecular formula is C16H19F2NO5. The molecular weight excluding hydrogens is 324 g/mol. The number of rotatable bonds is 7. The molecule has 0 aliphatic carbocycles. The van der Waals surface area contributed by atoms with Crippen LogP contribution in [0.4, 0.5) is 8.78 Å². The predicted molar refractivity (Wildman–Crippen MR) is 80.1 cm³/mol. The van der Waals surface area contributed by atoms with Crippen LogP contribution < -0.4 is 5.32 Å². The SMILES string of the molecule is CCC(C)OC(=O)C(Cc1ccc(F)c(F)c1)(NC(C)=O)C(=O)O. The Kier molecular flexibility index (Phi) is 6.39. The molecule has 132 valence electrons. The van der Waals surface area contributed by atoms with Gasteiger partial charge in [0.25, 0.3) is 0 Å². The number of hydrogen-bond donors (Lipinski definition) is 2. The summed E-state index contributed by atoms with van der Waals surface area (Å²) >= 11 is 0. The quantitative estimate of drug-likeness (QED) is 0.582. The fourth-order valence-electron chi connectivity index (χ4n) is 2.01. The van der Waals surface area contributed by atoms with Gasteiger partial charge in [-0.2, -0.15) is 0 Å². The number of amides is 1. The summed E-state index contributed by atoms with van der Waals surface area (Å²) in [4.78, 5) is 35.5. The third kappa shape index (κ3) is 4.50. The van der Waals surface area contributed by atoms with Crippen LogP contribution in [-0.2, 0) is 25.5 Å². The molecule has 8 heteroatoms. The lowest BCUT2D eigenvalue weighted by atomic mass is 9.90. The minimum absolute atomic E-state index is 0.0196. The second-order valence-electron chi connectivity index (χ2n) is 5.44. The van der Waals surface area contributed by atoms with E-state index in [2.05, 4.69) is 5.32 Å². The molecule has 0 heterocycles. The normalized spacial score (nSPS) is 14.4. The maximum absolute atomic E-state index is 13.4. The monoisotopic (exact) mass is 343 g/mol. The zero-order valence-electron chi connectivity index (χ0n) is 13.6. The van der Waals surface area contributed by atoms with E-state index in [-0.39, 0.29) is 5.56 Å². The summed E-state index contributed by atoms with van der Waals surface area (Å²) in [5.41, 5.74) is -2.41. The fraction of sp³-hybridized carbons (Fsp3) is 0.438. The number of hydrogen-bond acceptors (Lipinski definition) is 4. The molecule has 2 unspecified atom stereocenters. The van der Waals surface area contributed by atoms with Gasteiger partial charge in [-0.15, -0.1) is 0 Å². The van der Waals surface area contributed by atoms with Crippen LogP contribution in [0, 0.1) is 11.6 Å². The van der Waals surface area contributed by atoms with Gasteiger partial charge in [0.1, 0.15) is 0 Å². The molecule has 1 aromatic carbocycles. The molecule has 24 heavy (non-hydrogen) atoms. The van der Waals surface area contributed by atoms with E-state index >= 15 is 0 Å². The van der Waals surface area contributed by atoms with E-state index < -0.39 is 47.5 Å². The highest BCUT2D eigenvalue weighted by atomic mass is 19.2. The molecule has 0 aromatic heterocycles. The van der Waals surface area contributed by atoms with Crippen molar-refractivity contribution in [1.29, 1.82) is 0 Å². The van der Waals surface area contributed by atoms with Gasteiger partial charge in [0, 0.05) is 13.3 Å². The summed E-state index contributed by atoms with van der Waals surface area (Å²) in [7, 11) is 0. The molecule has 0 aliphatic rings. The van der Waals surface area contributed by atoms with Gasteiger partial charge in [0.2, 0.25) is 11.4 Å². The van der Waals surface area contributed by atoms with Crippen molar-refractivity contribution in [2.75, 3.05) is 0 Å². The number of nitrogens with one attached hydrogen (secondary N) is 1. The summed E-state index contributed by atoms with van der Waals surface area (Å²) < 4.78 is 31.4. The minimum atomic E-state index is -2.43. The van der Waals surface area contributed by atoms with Gasteiger partial charge >= 0.3 is 11.9 Å². The smallest absolute Gasteiger partial charge is 0.344 e. The number of esters is 1. The average molecular weight is 343 g/mol.